The number of oxime groups is 1. The van der Waals surface area contributed by atoms with Crippen LogP contribution in [-0.2, 0) is 17.1 Å². The molecule has 0 aliphatic heterocycles. The average molecular weight is 536 g/mol. The number of sulfonamides is 1. The molecule has 0 spiro atoms. The highest BCUT2D eigenvalue weighted by Crippen LogP contribution is 2.34. The molecule has 4 aromatic rings. The molecule has 37 heavy (non-hydrogen) atoms. The number of hydrogen-bond acceptors (Lipinski definition) is 5. The predicted octanol–water partition coefficient (Wildman–Crippen LogP) is 5.06. The van der Waals surface area contributed by atoms with Crippen LogP contribution in [0.3, 0.4) is 0 Å². The number of aromatic nitrogens is 1. The molecule has 7 nitrogen and oxygen atoms in total. The first-order valence-corrected chi connectivity index (χ1v) is 13.4. The van der Waals surface area contributed by atoms with Crippen molar-refractivity contribution in [1.82, 2.24) is 4.57 Å². The van der Waals surface area contributed by atoms with Crippen molar-refractivity contribution >= 4 is 27.3 Å². The zero-order valence-corrected chi connectivity index (χ0v) is 21.9. The molecule has 3 aromatic carbocycles. The minimum Gasteiger partial charge on any atom is -0.411 e. The van der Waals surface area contributed by atoms with Gasteiger partial charge in [-0.25, -0.2) is 13.6 Å². The summed E-state index contributed by atoms with van der Waals surface area (Å²) in [5, 5.41) is 19.3. The van der Waals surface area contributed by atoms with Crippen LogP contribution in [0.4, 0.5) is 0 Å². The minimum absolute atomic E-state index is 0.0559. The van der Waals surface area contributed by atoms with Crippen LogP contribution in [0.15, 0.2) is 99.9 Å². The summed E-state index contributed by atoms with van der Waals surface area (Å²) in [5.74, 6) is -0.167. The van der Waals surface area contributed by atoms with Crippen LogP contribution in [0.25, 0.3) is 11.1 Å². The molecule has 9 heteroatoms. The van der Waals surface area contributed by atoms with Crippen LogP contribution in [0.2, 0.25) is 5.02 Å². The van der Waals surface area contributed by atoms with Crippen molar-refractivity contribution in [3.8, 4) is 11.1 Å². The molecule has 4 rings (SSSR count). The quantitative estimate of drug-likeness (QED) is 0.195. The maximum atomic E-state index is 11.9. The zero-order chi connectivity index (χ0) is 26.7. The Kier molecular flexibility index (Phi) is 7.63. The van der Waals surface area contributed by atoms with E-state index in [0.29, 0.717) is 22.7 Å². The van der Waals surface area contributed by atoms with E-state index in [-0.39, 0.29) is 16.4 Å². The van der Waals surface area contributed by atoms with Gasteiger partial charge >= 0.3 is 0 Å². The second-order valence-electron chi connectivity index (χ2n) is 8.86. The Labute approximate surface area is 220 Å². The molecule has 0 radical (unpaired) electrons. The van der Waals surface area contributed by atoms with Crippen LogP contribution in [0.1, 0.15) is 34.6 Å². The van der Waals surface area contributed by atoms with Crippen LogP contribution < -0.4 is 10.7 Å². The molecule has 0 amide bonds. The van der Waals surface area contributed by atoms with Crippen LogP contribution in [0, 0.1) is 6.92 Å². The number of pyridine rings is 1. The van der Waals surface area contributed by atoms with Crippen molar-refractivity contribution in [2.45, 2.75) is 24.2 Å². The van der Waals surface area contributed by atoms with Crippen molar-refractivity contribution in [3.05, 3.63) is 123 Å². The molecule has 190 valence electrons. The Morgan fingerprint density at radius 2 is 1.62 bits per heavy atom. The number of nitrogens with zero attached hydrogens (tertiary/aromatic N) is 2. The Balaban J connectivity index is 1.72. The first-order chi connectivity index (χ1) is 17.6. The minimum atomic E-state index is -3.76. The molecule has 1 heterocycles. The van der Waals surface area contributed by atoms with E-state index in [1.807, 2.05) is 49.4 Å². The van der Waals surface area contributed by atoms with E-state index in [1.54, 1.807) is 31.4 Å². The van der Waals surface area contributed by atoms with Gasteiger partial charge in [0.05, 0.1) is 10.6 Å². The number of nitrogens with two attached hydrogens (primary N) is 1. The lowest BCUT2D eigenvalue weighted by molar-refractivity contribution is 0.317. The molecule has 1 unspecified atom stereocenters. The van der Waals surface area contributed by atoms with Gasteiger partial charge in [-0.15, -0.1) is 0 Å². The van der Waals surface area contributed by atoms with Gasteiger partial charge in [-0.1, -0.05) is 59.2 Å². The van der Waals surface area contributed by atoms with Gasteiger partial charge < -0.3 is 9.77 Å². The molecule has 0 fully saturated rings. The lowest BCUT2D eigenvalue weighted by atomic mass is 9.83. The average Bonchev–Trinajstić information content (AvgIpc) is 2.87. The molecule has 1 atom stereocenters. The molecule has 0 aliphatic carbocycles. The fourth-order valence-corrected chi connectivity index (χ4v) is 5.10. The molecule has 0 bridgehead atoms. The molecule has 0 saturated heterocycles. The molecule has 1 aromatic heterocycles. The molecule has 3 N–H and O–H groups in total. The van der Waals surface area contributed by atoms with E-state index < -0.39 is 10.0 Å². The van der Waals surface area contributed by atoms with E-state index >= 15 is 0 Å². The standard InChI is InChI=1S/C28H26ClN3O4S/c1-18-15-23(29)10-13-25(18)26(16-27(31-34)22-9-14-28(33)32(2)17-22)21-5-3-19(4-6-21)20-7-11-24(12-8-20)37(30,35)36/h3-15,17,26,34H,16H2,1-2H3,(H2,30,35,36)/b31-27+. The SMILES string of the molecule is Cc1cc(Cl)ccc1C(C/C(=N\O)c1ccc(=O)n(C)c1)c1ccc(-c2ccc(S(N)(=O)=O)cc2)cc1. The first kappa shape index (κ1) is 26.3. The molecule has 0 saturated carbocycles. The summed E-state index contributed by atoms with van der Waals surface area (Å²) >= 11 is 6.22. The van der Waals surface area contributed by atoms with Gasteiger partial charge in [-0.2, -0.15) is 0 Å². The predicted molar refractivity (Wildman–Crippen MR) is 146 cm³/mol. The summed E-state index contributed by atoms with van der Waals surface area (Å²) in [6.07, 6.45) is 2.02. The summed E-state index contributed by atoms with van der Waals surface area (Å²) in [4.78, 5) is 11.9. The fourth-order valence-electron chi connectivity index (χ4n) is 4.36. The number of benzene rings is 3. The second kappa shape index (κ2) is 10.7. The highest BCUT2D eigenvalue weighted by atomic mass is 35.5. The van der Waals surface area contributed by atoms with Gasteiger partial charge in [-0.3, -0.25) is 4.79 Å². The van der Waals surface area contributed by atoms with Gasteiger partial charge in [0.1, 0.15) is 0 Å². The van der Waals surface area contributed by atoms with E-state index in [4.69, 9.17) is 16.7 Å². The number of primary sulfonamides is 1. The van der Waals surface area contributed by atoms with Crippen molar-refractivity contribution in [2.24, 2.45) is 17.3 Å². The third kappa shape index (κ3) is 5.99. The Morgan fingerprint density at radius 1 is 1.00 bits per heavy atom. The Hall–Kier alpha value is -3.72. The molecular weight excluding hydrogens is 510 g/mol. The first-order valence-electron chi connectivity index (χ1n) is 11.4. The summed E-state index contributed by atoms with van der Waals surface area (Å²) in [6.45, 7) is 1.98. The number of aryl methyl sites for hydroxylation is 2. The summed E-state index contributed by atoms with van der Waals surface area (Å²) in [5.41, 5.74) is 5.70. The van der Waals surface area contributed by atoms with Gasteiger partial charge in [0.15, 0.2) is 0 Å². The highest BCUT2D eigenvalue weighted by molar-refractivity contribution is 7.89. The van der Waals surface area contributed by atoms with Gasteiger partial charge in [-0.05, 0) is 65.1 Å². The van der Waals surface area contributed by atoms with E-state index in [2.05, 4.69) is 5.16 Å². The van der Waals surface area contributed by atoms with Crippen molar-refractivity contribution < 1.29 is 13.6 Å². The second-order valence-corrected chi connectivity index (χ2v) is 10.9. The molecular formula is C28H26ClN3O4S. The third-order valence-corrected chi connectivity index (χ3v) is 7.54. The largest absolute Gasteiger partial charge is 0.411 e. The summed E-state index contributed by atoms with van der Waals surface area (Å²) in [6, 6.07) is 23.1. The highest BCUT2D eigenvalue weighted by Gasteiger charge is 2.21. The topological polar surface area (TPSA) is 115 Å². The van der Waals surface area contributed by atoms with E-state index in [9.17, 15) is 18.4 Å². The van der Waals surface area contributed by atoms with Crippen molar-refractivity contribution in [3.63, 3.8) is 0 Å². The number of hydrogen-bond donors (Lipinski definition) is 2. The summed E-state index contributed by atoms with van der Waals surface area (Å²) in [7, 11) is -2.11. The van der Waals surface area contributed by atoms with Crippen LogP contribution in [-0.4, -0.2) is 23.9 Å². The lowest BCUT2D eigenvalue weighted by Crippen LogP contribution is -2.18. The van der Waals surface area contributed by atoms with Crippen molar-refractivity contribution in [1.29, 1.82) is 0 Å². The maximum absolute atomic E-state index is 11.9. The van der Waals surface area contributed by atoms with E-state index in [1.165, 1.54) is 22.8 Å². The van der Waals surface area contributed by atoms with Gasteiger partial charge in [0.2, 0.25) is 15.6 Å². The number of rotatable bonds is 7. The fraction of sp³-hybridized carbons (Fsp3) is 0.143. The maximum Gasteiger partial charge on any atom is 0.250 e. The Bertz CT molecular complexity index is 1630. The van der Waals surface area contributed by atoms with Crippen LogP contribution in [0.5, 0.6) is 0 Å². The van der Waals surface area contributed by atoms with E-state index in [0.717, 1.165) is 27.8 Å². The smallest absolute Gasteiger partial charge is 0.250 e. The third-order valence-electron chi connectivity index (χ3n) is 6.37. The van der Waals surface area contributed by atoms with Crippen molar-refractivity contribution in [2.75, 3.05) is 0 Å². The normalized spacial score (nSPS) is 12.9. The summed E-state index contributed by atoms with van der Waals surface area (Å²) < 4.78 is 24.6. The zero-order valence-electron chi connectivity index (χ0n) is 20.3. The van der Waals surface area contributed by atoms with Crippen LogP contribution >= 0.6 is 11.6 Å². The lowest BCUT2D eigenvalue weighted by Gasteiger charge is -2.21. The van der Waals surface area contributed by atoms with Gasteiger partial charge in [0, 0.05) is 42.2 Å². The monoisotopic (exact) mass is 535 g/mol. The Morgan fingerprint density at radius 3 is 2.16 bits per heavy atom. The molecule has 0 aliphatic rings. The van der Waals surface area contributed by atoms with Gasteiger partial charge in [0.25, 0.3) is 0 Å². The number of halogens is 1.